The summed E-state index contributed by atoms with van der Waals surface area (Å²) >= 11 is 9.36. The first-order chi connectivity index (χ1) is 6.74. The van der Waals surface area contributed by atoms with E-state index < -0.39 is 0 Å². The van der Waals surface area contributed by atoms with Gasteiger partial charge in [0.15, 0.2) is 5.15 Å². The minimum atomic E-state index is 0.481. The normalized spacial score (nSPS) is 11.1. The Hall–Kier alpha value is -0.610. The molecule has 0 radical (unpaired) electrons. The highest BCUT2D eigenvalue weighted by Gasteiger charge is 2.11. The highest BCUT2D eigenvalue weighted by atomic mass is 79.9. The van der Waals surface area contributed by atoms with Crippen LogP contribution in [0.15, 0.2) is 17.0 Å². The standard InChI is InChI=1S/C9H9BrClN3/c1-2-3-6-13-8(10)7-9(11)12-4-5-14(6)7/h4-5H,2-3H2,1H3. The van der Waals surface area contributed by atoms with Crippen LogP contribution in [0.3, 0.4) is 0 Å². The van der Waals surface area contributed by atoms with E-state index in [1.54, 1.807) is 6.20 Å². The summed E-state index contributed by atoms with van der Waals surface area (Å²) in [6.45, 7) is 2.12. The van der Waals surface area contributed by atoms with Gasteiger partial charge in [-0.3, -0.25) is 4.40 Å². The number of halogens is 2. The van der Waals surface area contributed by atoms with Crippen LogP contribution in [-0.4, -0.2) is 14.4 Å². The van der Waals surface area contributed by atoms with Crippen LogP contribution in [0, 0.1) is 0 Å². The third-order valence-electron chi connectivity index (χ3n) is 2.01. The van der Waals surface area contributed by atoms with Crippen LogP contribution in [0.25, 0.3) is 5.52 Å². The quantitative estimate of drug-likeness (QED) is 0.842. The second-order valence-corrected chi connectivity index (χ2v) is 4.11. The van der Waals surface area contributed by atoms with E-state index in [0.717, 1.165) is 28.8 Å². The van der Waals surface area contributed by atoms with Crippen LogP contribution in [0.4, 0.5) is 0 Å². The minimum Gasteiger partial charge on any atom is -0.298 e. The van der Waals surface area contributed by atoms with Crippen LogP contribution in [0.5, 0.6) is 0 Å². The lowest BCUT2D eigenvalue weighted by Gasteiger charge is -1.98. The average molecular weight is 275 g/mol. The topological polar surface area (TPSA) is 30.2 Å². The lowest BCUT2D eigenvalue weighted by Crippen LogP contribution is -1.94. The van der Waals surface area contributed by atoms with E-state index >= 15 is 0 Å². The van der Waals surface area contributed by atoms with Gasteiger partial charge in [0.1, 0.15) is 15.9 Å². The molecule has 0 saturated carbocycles. The summed E-state index contributed by atoms with van der Waals surface area (Å²) in [7, 11) is 0. The van der Waals surface area contributed by atoms with Gasteiger partial charge < -0.3 is 0 Å². The molecule has 5 heteroatoms. The van der Waals surface area contributed by atoms with E-state index in [-0.39, 0.29) is 0 Å². The van der Waals surface area contributed by atoms with Crippen molar-refractivity contribution in [1.82, 2.24) is 14.4 Å². The number of imidazole rings is 1. The molecule has 2 aromatic rings. The van der Waals surface area contributed by atoms with Crippen molar-refractivity contribution in [1.29, 1.82) is 0 Å². The Labute approximate surface area is 95.3 Å². The number of rotatable bonds is 2. The fourth-order valence-corrected chi connectivity index (χ4v) is 2.35. The second kappa shape index (κ2) is 3.87. The van der Waals surface area contributed by atoms with Crippen molar-refractivity contribution >= 4 is 33.0 Å². The number of hydrogen-bond donors (Lipinski definition) is 0. The molecular weight excluding hydrogens is 265 g/mol. The van der Waals surface area contributed by atoms with Crippen molar-refractivity contribution in [2.75, 3.05) is 0 Å². The molecule has 0 aliphatic rings. The molecular formula is C9H9BrClN3. The first-order valence-corrected chi connectivity index (χ1v) is 5.58. The summed E-state index contributed by atoms with van der Waals surface area (Å²) in [5.41, 5.74) is 0.845. The molecule has 0 aromatic carbocycles. The molecule has 0 bridgehead atoms. The van der Waals surface area contributed by atoms with Crippen molar-refractivity contribution in [3.05, 3.63) is 28.0 Å². The van der Waals surface area contributed by atoms with Gasteiger partial charge in [-0.2, -0.15) is 0 Å². The number of aromatic nitrogens is 3. The van der Waals surface area contributed by atoms with E-state index in [4.69, 9.17) is 11.6 Å². The van der Waals surface area contributed by atoms with Crippen molar-refractivity contribution in [3.63, 3.8) is 0 Å². The molecule has 2 heterocycles. The van der Waals surface area contributed by atoms with Crippen molar-refractivity contribution in [2.45, 2.75) is 19.8 Å². The van der Waals surface area contributed by atoms with Crippen molar-refractivity contribution in [3.8, 4) is 0 Å². The zero-order valence-electron chi connectivity index (χ0n) is 7.67. The zero-order chi connectivity index (χ0) is 10.1. The summed E-state index contributed by atoms with van der Waals surface area (Å²) in [6.07, 6.45) is 5.56. The summed E-state index contributed by atoms with van der Waals surface area (Å²) in [6, 6.07) is 0. The predicted molar refractivity (Wildman–Crippen MR) is 59.7 cm³/mol. The highest BCUT2D eigenvalue weighted by Crippen LogP contribution is 2.24. The number of hydrogen-bond acceptors (Lipinski definition) is 2. The van der Waals surface area contributed by atoms with Crippen LogP contribution >= 0.6 is 27.5 Å². The van der Waals surface area contributed by atoms with E-state index in [9.17, 15) is 0 Å². The second-order valence-electron chi connectivity index (χ2n) is 3.01. The molecule has 2 rings (SSSR count). The maximum absolute atomic E-state index is 5.97. The van der Waals surface area contributed by atoms with E-state index in [1.807, 2.05) is 10.6 Å². The third-order valence-corrected chi connectivity index (χ3v) is 2.84. The molecule has 0 saturated heterocycles. The summed E-state index contributed by atoms with van der Waals surface area (Å²) in [4.78, 5) is 8.41. The Morgan fingerprint density at radius 1 is 1.57 bits per heavy atom. The van der Waals surface area contributed by atoms with Gasteiger partial charge >= 0.3 is 0 Å². The SMILES string of the molecule is CCCc1nc(Br)c2c(Cl)nccn12. The Morgan fingerprint density at radius 3 is 3.07 bits per heavy atom. The van der Waals surface area contributed by atoms with Crippen molar-refractivity contribution < 1.29 is 0 Å². The molecule has 0 spiro atoms. The lowest BCUT2D eigenvalue weighted by molar-refractivity contribution is 0.827. The van der Waals surface area contributed by atoms with Gasteiger partial charge in [0, 0.05) is 18.8 Å². The first-order valence-electron chi connectivity index (χ1n) is 4.41. The van der Waals surface area contributed by atoms with Crippen LogP contribution in [0.2, 0.25) is 5.15 Å². The Kier molecular flexibility index (Phi) is 2.74. The third kappa shape index (κ3) is 1.53. The van der Waals surface area contributed by atoms with Crippen LogP contribution in [0.1, 0.15) is 19.2 Å². The molecule has 0 atom stereocenters. The maximum atomic E-state index is 5.97. The number of fused-ring (bicyclic) bond motifs is 1. The fourth-order valence-electron chi connectivity index (χ4n) is 1.42. The first kappa shape index (κ1) is 9.93. The van der Waals surface area contributed by atoms with Gasteiger partial charge in [0.05, 0.1) is 0 Å². The van der Waals surface area contributed by atoms with Crippen molar-refractivity contribution in [2.24, 2.45) is 0 Å². The molecule has 0 unspecified atom stereocenters. The maximum Gasteiger partial charge on any atom is 0.155 e. The molecule has 0 N–H and O–H groups in total. The average Bonchev–Trinajstić information content (AvgIpc) is 2.46. The Balaban J connectivity index is 2.71. The van der Waals surface area contributed by atoms with Crippen LogP contribution in [-0.2, 0) is 6.42 Å². The summed E-state index contributed by atoms with van der Waals surface area (Å²) in [5.74, 6) is 1.01. The molecule has 0 aliphatic carbocycles. The van der Waals surface area contributed by atoms with Gasteiger partial charge in [0.25, 0.3) is 0 Å². The number of aryl methyl sites for hydroxylation is 1. The molecule has 74 valence electrons. The minimum absolute atomic E-state index is 0.481. The van der Waals surface area contributed by atoms with Gasteiger partial charge in [-0.25, -0.2) is 9.97 Å². The zero-order valence-corrected chi connectivity index (χ0v) is 10.0. The summed E-state index contributed by atoms with van der Waals surface area (Å²) in [5, 5.41) is 0.481. The molecule has 14 heavy (non-hydrogen) atoms. The fraction of sp³-hybridized carbons (Fsp3) is 0.333. The smallest absolute Gasteiger partial charge is 0.155 e. The molecule has 2 aromatic heterocycles. The largest absolute Gasteiger partial charge is 0.298 e. The van der Waals surface area contributed by atoms with E-state index in [1.165, 1.54) is 0 Å². The Bertz CT molecular complexity index is 466. The van der Waals surface area contributed by atoms with Gasteiger partial charge in [-0.05, 0) is 22.4 Å². The molecule has 3 nitrogen and oxygen atoms in total. The van der Waals surface area contributed by atoms with E-state index in [2.05, 4.69) is 32.8 Å². The molecule has 0 fully saturated rings. The Morgan fingerprint density at radius 2 is 2.36 bits per heavy atom. The monoisotopic (exact) mass is 273 g/mol. The molecule has 0 aliphatic heterocycles. The van der Waals surface area contributed by atoms with Gasteiger partial charge in [0.2, 0.25) is 0 Å². The predicted octanol–water partition coefficient (Wildman–Crippen LogP) is 3.10. The summed E-state index contributed by atoms with van der Waals surface area (Å²) < 4.78 is 2.74. The lowest BCUT2D eigenvalue weighted by atomic mass is 10.3. The number of nitrogens with zero attached hydrogens (tertiary/aromatic N) is 3. The van der Waals surface area contributed by atoms with Gasteiger partial charge in [-0.15, -0.1) is 0 Å². The van der Waals surface area contributed by atoms with Crippen LogP contribution < -0.4 is 0 Å². The molecule has 0 amide bonds. The van der Waals surface area contributed by atoms with E-state index in [0.29, 0.717) is 5.15 Å². The highest BCUT2D eigenvalue weighted by molar-refractivity contribution is 9.10. The van der Waals surface area contributed by atoms with Gasteiger partial charge in [-0.1, -0.05) is 18.5 Å².